The van der Waals surface area contributed by atoms with Gasteiger partial charge in [0.1, 0.15) is 4.60 Å². The van der Waals surface area contributed by atoms with Crippen LogP contribution in [0.1, 0.15) is 36.6 Å². The third kappa shape index (κ3) is 2.82. The molecule has 0 saturated carbocycles. The number of hydrogen-bond donors (Lipinski definition) is 1. The summed E-state index contributed by atoms with van der Waals surface area (Å²) in [5.74, 6) is 0. The molecule has 2 nitrogen and oxygen atoms in total. The number of fused-ring (bicyclic) bond motifs is 1. The van der Waals surface area contributed by atoms with Crippen LogP contribution in [0.5, 0.6) is 0 Å². The molecule has 0 radical (unpaired) electrons. The Balaban J connectivity index is 1.97. The van der Waals surface area contributed by atoms with Crippen LogP contribution in [0.4, 0.5) is 5.69 Å². The van der Waals surface area contributed by atoms with E-state index in [2.05, 4.69) is 58.3 Å². The van der Waals surface area contributed by atoms with E-state index in [1.807, 2.05) is 19.2 Å². The van der Waals surface area contributed by atoms with Crippen LogP contribution >= 0.6 is 27.5 Å². The third-order valence-corrected chi connectivity index (χ3v) is 5.24. The second-order valence-corrected chi connectivity index (χ2v) is 7.61. The monoisotopic (exact) mass is 364 g/mol. The SMILES string of the molecule is Cc1cc(NC2c3cc(Cl)ccc3CC2(C)C)cnc1Br. The van der Waals surface area contributed by atoms with Gasteiger partial charge in [-0.2, -0.15) is 0 Å². The van der Waals surface area contributed by atoms with Crippen LogP contribution in [0.25, 0.3) is 0 Å². The van der Waals surface area contributed by atoms with Gasteiger partial charge in [-0.15, -0.1) is 0 Å². The second kappa shape index (κ2) is 5.29. The zero-order chi connectivity index (χ0) is 15.2. The number of benzene rings is 1. The number of nitrogens with zero attached hydrogens (tertiary/aromatic N) is 1. The zero-order valence-corrected chi connectivity index (χ0v) is 14.7. The molecule has 0 saturated heterocycles. The normalized spacial score (nSPS) is 19.4. The third-order valence-electron chi connectivity index (χ3n) is 4.17. The van der Waals surface area contributed by atoms with Crippen LogP contribution in [0.3, 0.4) is 0 Å². The zero-order valence-electron chi connectivity index (χ0n) is 12.4. The van der Waals surface area contributed by atoms with Gasteiger partial charge in [0.15, 0.2) is 0 Å². The summed E-state index contributed by atoms with van der Waals surface area (Å²) in [6.45, 7) is 6.63. The topological polar surface area (TPSA) is 24.9 Å². The molecule has 1 heterocycles. The van der Waals surface area contributed by atoms with E-state index < -0.39 is 0 Å². The Labute approximate surface area is 139 Å². The summed E-state index contributed by atoms with van der Waals surface area (Å²) in [5, 5.41) is 4.44. The lowest BCUT2D eigenvalue weighted by Crippen LogP contribution is -2.24. The lowest BCUT2D eigenvalue weighted by atomic mass is 9.85. The summed E-state index contributed by atoms with van der Waals surface area (Å²) in [6.07, 6.45) is 2.93. The highest BCUT2D eigenvalue weighted by Gasteiger charge is 2.39. The number of hydrogen-bond acceptors (Lipinski definition) is 2. The van der Waals surface area contributed by atoms with Crippen molar-refractivity contribution in [3.63, 3.8) is 0 Å². The van der Waals surface area contributed by atoms with Crippen molar-refractivity contribution in [2.24, 2.45) is 5.41 Å². The maximum Gasteiger partial charge on any atom is 0.109 e. The summed E-state index contributed by atoms with van der Waals surface area (Å²) in [5.41, 5.74) is 4.99. The average molecular weight is 366 g/mol. The standard InChI is InChI=1S/C17H18BrClN2/c1-10-6-13(9-20-16(10)18)21-15-14-7-12(19)5-4-11(14)8-17(15,2)3/h4-7,9,15,21H,8H2,1-3H3. The molecular formula is C17H18BrClN2. The van der Waals surface area contributed by atoms with Gasteiger partial charge in [0.05, 0.1) is 17.9 Å². The van der Waals surface area contributed by atoms with Crippen LogP contribution in [0.15, 0.2) is 35.1 Å². The first-order valence-corrected chi connectivity index (χ1v) is 8.21. The molecule has 1 aliphatic rings. The van der Waals surface area contributed by atoms with Crippen molar-refractivity contribution in [1.82, 2.24) is 4.98 Å². The summed E-state index contributed by atoms with van der Waals surface area (Å²) in [6, 6.07) is 8.57. The molecule has 4 heteroatoms. The van der Waals surface area contributed by atoms with E-state index in [9.17, 15) is 0 Å². The van der Waals surface area contributed by atoms with Gasteiger partial charge in [0, 0.05) is 5.02 Å². The van der Waals surface area contributed by atoms with Crippen molar-refractivity contribution in [3.05, 3.63) is 56.8 Å². The van der Waals surface area contributed by atoms with E-state index in [1.165, 1.54) is 11.1 Å². The van der Waals surface area contributed by atoms with Crippen LogP contribution < -0.4 is 5.32 Å². The van der Waals surface area contributed by atoms with Crippen molar-refractivity contribution < 1.29 is 0 Å². The molecule has 1 N–H and O–H groups in total. The molecular weight excluding hydrogens is 348 g/mol. The van der Waals surface area contributed by atoms with E-state index in [4.69, 9.17) is 11.6 Å². The highest BCUT2D eigenvalue weighted by molar-refractivity contribution is 9.10. The summed E-state index contributed by atoms with van der Waals surface area (Å²) in [4.78, 5) is 4.37. The molecule has 1 atom stereocenters. The average Bonchev–Trinajstić information content (AvgIpc) is 2.65. The second-order valence-electron chi connectivity index (χ2n) is 6.42. The van der Waals surface area contributed by atoms with Gasteiger partial charge < -0.3 is 5.32 Å². The smallest absolute Gasteiger partial charge is 0.109 e. The minimum absolute atomic E-state index is 0.147. The number of aromatic nitrogens is 1. The van der Waals surface area contributed by atoms with Gasteiger partial charge in [-0.1, -0.05) is 31.5 Å². The molecule has 1 aliphatic carbocycles. The molecule has 110 valence electrons. The fourth-order valence-corrected chi connectivity index (χ4v) is 3.48. The first-order valence-electron chi connectivity index (χ1n) is 7.04. The van der Waals surface area contributed by atoms with Crippen molar-refractivity contribution in [2.75, 3.05) is 5.32 Å². The van der Waals surface area contributed by atoms with Gasteiger partial charge in [0.2, 0.25) is 0 Å². The fraction of sp³-hybridized carbons (Fsp3) is 0.353. The molecule has 1 unspecified atom stereocenters. The molecule has 2 aromatic rings. The molecule has 1 aromatic heterocycles. The molecule has 0 amide bonds. The first-order chi connectivity index (χ1) is 9.87. The van der Waals surface area contributed by atoms with E-state index in [0.29, 0.717) is 0 Å². The van der Waals surface area contributed by atoms with E-state index in [0.717, 1.165) is 27.3 Å². The van der Waals surface area contributed by atoms with Gasteiger partial charge in [0.25, 0.3) is 0 Å². The number of rotatable bonds is 2. The van der Waals surface area contributed by atoms with Crippen LogP contribution in [0.2, 0.25) is 5.02 Å². The maximum atomic E-state index is 6.18. The van der Waals surface area contributed by atoms with Gasteiger partial charge >= 0.3 is 0 Å². The minimum Gasteiger partial charge on any atom is -0.376 e. The van der Waals surface area contributed by atoms with E-state index >= 15 is 0 Å². The van der Waals surface area contributed by atoms with Crippen LogP contribution in [0, 0.1) is 12.3 Å². The molecule has 0 aliphatic heterocycles. The predicted molar refractivity (Wildman–Crippen MR) is 92.0 cm³/mol. The van der Waals surface area contributed by atoms with Gasteiger partial charge in [-0.25, -0.2) is 4.98 Å². The van der Waals surface area contributed by atoms with Gasteiger partial charge in [-0.3, -0.25) is 0 Å². The largest absolute Gasteiger partial charge is 0.376 e. The van der Waals surface area contributed by atoms with Crippen LogP contribution in [-0.2, 0) is 6.42 Å². The van der Waals surface area contributed by atoms with Crippen molar-refractivity contribution in [3.8, 4) is 0 Å². The molecule has 21 heavy (non-hydrogen) atoms. The molecule has 3 rings (SSSR count). The Morgan fingerprint density at radius 2 is 2.10 bits per heavy atom. The van der Waals surface area contributed by atoms with E-state index in [1.54, 1.807) is 0 Å². The Kier molecular flexibility index (Phi) is 3.74. The summed E-state index contributed by atoms with van der Waals surface area (Å²) < 4.78 is 0.891. The number of pyridine rings is 1. The number of anilines is 1. The Morgan fingerprint density at radius 3 is 2.81 bits per heavy atom. The Bertz CT molecular complexity index is 697. The Hall–Kier alpha value is -1.06. The fourth-order valence-electron chi connectivity index (χ4n) is 3.09. The quantitative estimate of drug-likeness (QED) is 0.707. The van der Waals surface area contributed by atoms with Crippen molar-refractivity contribution >= 4 is 33.2 Å². The van der Waals surface area contributed by atoms with Crippen molar-refractivity contribution in [2.45, 2.75) is 33.2 Å². The van der Waals surface area contributed by atoms with Crippen LogP contribution in [-0.4, -0.2) is 4.98 Å². The summed E-state index contributed by atoms with van der Waals surface area (Å²) >= 11 is 9.63. The van der Waals surface area contributed by atoms with Crippen molar-refractivity contribution in [1.29, 1.82) is 0 Å². The highest BCUT2D eigenvalue weighted by Crippen LogP contribution is 2.47. The molecule has 0 spiro atoms. The maximum absolute atomic E-state index is 6.18. The predicted octanol–water partition coefficient (Wildman–Crippen LogP) is 5.54. The molecule has 0 bridgehead atoms. The highest BCUT2D eigenvalue weighted by atomic mass is 79.9. The number of nitrogens with one attached hydrogen (secondary N) is 1. The lowest BCUT2D eigenvalue weighted by Gasteiger charge is -2.29. The minimum atomic E-state index is 0.147. The first kappa shape index (κ1) is 14.9. The summed E-state index contributed by atoms with van der Waals surface area (Å²) in [7, 11) is 0. The number of halogens is 2. The molecule has 0 fully saturated rings. The Morgan fingerprint density at radius 1 is 1.33 bits per heavy atom. The van der Waals surface area contributed by atoms with Gasteiger partial charge in [-0.05, 0) is 69.6 Å². The molecule has 1 aromatic carbocycles. The lowest BCUT2D eigenvalue weighted by molar-refractivity contribution is 0.337. The number of aryl methyl sites for hydroxylation is 1. The van der Waals surface area contributed by atoms with E-state index in [-0.39, 0.29) is 11.5 Å².